The second-order valence-corrected chi connectivity index (χ2v) is 4.71. The zero-order valence-electron chi connectivity index (χ0n) is 9.73. The fourth-order valence-electron chi connectivity index (χ4n) is 2.35. The van der Waals surface area contributed by atoms with Crippen molar-refractivity contribution in [2.45, 2.75) is 57.8 Å². The second kappa shape index (κ2) is 7.55. The molecular weight excluding hydrogens is 186 g/mol. The van der Waals surface area contributed by atoms with Crippen LogP contribution in [0.5, 0.6) is 0 Å². The molecule has 0 atom stereocenters. The van der Waals surface area contributed by atoms with E-state index in [0.717, 1.165) is 12.5 Å². The number of hydrogen-bond donors (Lipinski definition) is 3. The molecule has 0 heterocycles. The van der Waals surface area contributed by atoms with E-state index >= 15 is 0 Å². The highest BCUT2D eigenvalue weighted by Crippen LogP contribution is 2.20. The monoisotopic (exact) mass is 211 g/mol. The van der Waals surface area contributed by atoms with Gasteiger partial charge in [0.05, 0.1) is 0 Å². The van der Waals surface area contributed by atoms with Gasteiger partial charge in [-0.15, -0.1) is 0 Å². The smallest absolute Gasteiger partial charge is 0.185 e. The van der Waals surface area contributed by atoms with E-state index in [-0.39, 0.29) is 5.96 Å². The van der Waals surface area contributed by atoms with Crippen LogP contribution in [0.4, 0.5) is 0 Å². The molecule has 1 fully saturated rings. The summed E-state index contributed by atoms with van der Waals surface area (Å²) in [7, 11) is 0. The minimum absolute atomic E-state index is 0.118. The predicted molar refractivity (Wildman–Crippen MR) is 65.0 cm³/mol. The summed E-state index contributed by atoms with van der Waals surface area (Å²) in [6.45, 7) is 0.898. The minimum Gasteiger partial charge on any atom is -0.370 e. The van der Waals surface area contributed by atoms with Gasteiger partial charge in [0.15, 0.2) is 5.96 Å². The van der Waals surface area contributed by atoms with Crippen LogP contribution in [0, 0.1) is 11.3 Å². The molecule has 1 aliphatic carbocycles. The first kappa shape index (κ1) is 12.3. The molecule has 0 saturated heterocycles. The van der Waals surface area contributed by atoms with Crippen molar-refractivity contribution < 1.29 is 0 Å². The van der Waals surface area contributed by atoms with Gasteiger partial charge in [0.1, 0.15) is 0 Å². The molecule has 0 amide bonds. The van der Waals surface area contributed by atoms with E-state index in [2.05, 4.69) is 5.32 Å². The molecule has 3 heteroatoms. The van der Waals surface area contributed by atoms with E-state index in [4.69, 9.17) is 11.1 Å². The Bertz CT molecular complexity index is 170. The number of rotatable bonds is 2. The molecule has 0 spiro atoms. The maximum absolute atomic E-state index is 7.16. The molecular formula is C12H25N3. The standard InChI is InChI=1S/C12H25N3/c13-12(14)15-10-11-8-6-4-2-1-3-5-7-9-11/h11H,1-10H2,(H4,13,14,15). The minimum atomic E-state index is 0.118. The summed E-state index contributed by atoms with van der Waals surface area (Å²) in [4.78, 5) is 0. The van der Waals surface area contributed by atoms with Crippen LogP contribution in [-0.4, -0.2) is 12.5 Å². The molecule has 88 valence electrons. The molecule has 15 heavy (non-hydrogen) atoms. The van der Waals surface area contributed by atoms with Gasteiger partial charge in [-0.25, -0.2) is 0 Å². The Hall–Kier alpha value is -0.730. The molecule has 0 aromatic carbocycles. The molecule has 1 aliphatic rings. The lowest BCUT2D eigenvalue weighted by Crippen LogP contribution is -2.34. The van der Waals surface area contributed by atoms with E-state index in [1.807, 2.05) is 0 Å². The molecule has 3 nitrogen and oxygen atoms in total. The average Bonchev–Trinajstić information content (AvgIpc) is 2.23. The van der Waals surface area contributed by atoms with Crippen molar-refractivity contribution in [3.63, 3.8) is 0 Å². The Labute approximate surface area is 93.3 Å². The maximum Gasteiger partial charge on any atom is 0.185 e. The van der Waals surface area contributed by atoms with Crippen LogP contribution < -0.4 is 11.1 Å². The van der Waals surface area contributed by atoms with Crippen LogP contribution in [-0.2, 0) is 0 Å². The van der Waals surface area contributed by atoms with Crippen molar-refractivity contribution in [3.05, 3.63) is 0 Å². The Morgan fingerprint density at radius 1 is 1.00 bits per heavy atom. The van der Waals surface area contributed by atoms with Crippen molar-refractivity contribution in [2.75, 3.05) is 6.54 Å². The second-order valence-electron chi connectivity index (χ2n) is 4.71. The molecule has 0 unspecified atom stereocenters. The zero-order valence-corrected chi connectivity index (χ0v) is 9.73. The van der Waals surface area contributed by atoms with Crippen molar-refractivity contribution in [1.82, 2.24) is 5.32 Å². The maximum atomic E-state index is 7.16. The number of nitrogens with two attached hydrogens (primary N) is 1. The average molecular weight is 211 g/mol. The van der Waals surface area contributed by atoms with Gasteiger partial charge in [0.2, 0.25) is 0 Å². The molecule has 0 radical (unpaired) electrons. The third-order valence-electron chi connectivity index (χ3n) is 3.31. The first-order valence-electron chi connectivity index (χ1n) is 6.37. The van der Waals surface area contributed by atoms with Gasteiger partial charge in [-0.3, -0.25) is 5.41 Å². The summed E-state index contributed by atoms with van der Waals surface area (Å²) in [5, 5.41) is 10.1. The summed E-state index contributed by atoms with van der Waals surface area (Å²) in [5.74, 6) is 0.846. The van der Waals surface area contributed by atoms with E-state index in [1.165, 1.54) is 57.8 Å². The topological polar surface area (TPSA) is 61.9 Å². The van der Waals surface area contributed by atoms with E-state index in [0.29, 0.717) is 0 Å². The molecule has 0 aliphatic heterocycles. The zero-order chi connectivity index (χ0) is 10.9. The third kappa shape index (κ3) is 6.37. The van der Waals surface area contributed by atoms with Gasteiger partial charge in [-0.05, 0) is 18.8 Å². The largest absolute Gasteiger partial charge is 0.370 e. The van der Waals surface area contributed by atoms with Gasteiger partial charge < -0.3 is 11.1 Å². The Morgan fingerprint density at radius 2 is 1.47 bits per heavy atom. The highest BCUT2D eigenvalue weighted by atomic mass is 15.0. The molecule has 4 N–H and O–H groups in total. The Kier molecular flexibility index (Phi) is 6.21. The molecule has 0 aromatic heterocycles. The van der Waals surface area contributed by atoms with Crippen LogP contribution in [0.1, 0.15) is 57.8 Å². The van der Waals surface area contributed by atoms with E-state index in [1.54, 1.807) is 0 Å². The summed E-state index contributed by atoms with van der Waals surface area (Å²) in [6.07, 6.45) is 12.3. The number of nitrogens with one attached hydrogen (secondary N) is 2. The molecule has 1 saturated carbocycles. The van der Waals surface area contributed by atoms with Crippen molar-refractivity contribution in [3.8, 4) is 0 Å². The summed E-state index contributed by atoms with van der Waals surface area (Å²) >= 11 is 0. The van der Waals surface area contributed by atoms with Crippen LogP contribution >= 0.6 is 0 Å². The van der Waals surface area contributed by atoms with Gasteiger partial charge in [-0.2, -0.15) is 0 Å². The van der Waals surface area contributed by atoms with Crippen molar-refractivity contribution in [1.29, 1.82) is 5.41 Å². The lowest BCUT2D eigenvalue weighted by Gasteiger charge is -2.18. The summed E-state index contributed by atoms with van der Waals surface area (Å²) in [5.41, 5.74) is 5.31. The van der Waals surface area contributed by atoms with E-state index < -0.39 is 0 Å². The lowest BCUT2D eigenvalue weighted by molar-refractivity contribution is 0.386. The normalized spacial score (nSPS) is 20.8. The summed E-state index contributed by atoms with van der Waals surface area (Å²) in [6, 6.07) is 0. The Balaban J connectivity index is 2.22. The van der Waals surface area contributed by atoms with E-state index in [9.17, 15) is 0 Å². The molecule has 0 bridgehead atoms. The van der Waals surface area contributed by atoms with Gasteiger partial charge in [0, 0.05) is 6.54 Å². The first-order valence-corrected chi connectivity index (χ1v) is 6.37. The first-order chi connectivity index (χ1) is 7.29. The fourth-order valence-corrected chi connectivity index (χ4v) is 2.35. The van der Waals surface area contributed by atoms with Crippen molar-refractivity contribution >= 4 is 5.96 Å². The molecule has 0 aromatic rings. The lowest BCUT2D eigenvalue weighted by atomic mass is 9.92. The quantitative estimate of drug-likeness (QED) is 0.485. The summed E-state index contributed by atoms with van der Waals surface area (Å²) < 4.78 is 0. The van der Waals surface area contributed by atoms with Crippen molar-refractivity contribution in [2.24, 2.45) is 11.7 Å². The van der Waals surface area contributed by atoms with Crippen LogP contribution in [0.15, 0.2) is 0 Å². The number of hydrogen-bond acceptors (Lipinski definition) is 1. The highest BCUT2D eigenvalue weighted by molar-refractivity contribution is 5.74. The van der Waals surface area contributed by atoms with Gasteiger partial charge in [0.25, 0.3) is 0 Å². The van der Waals surface area contributed by atoms with Crippen LogP contribution in [0.3, 0.4) is 0 Å². The highest BCUT2D eigenvalue weighted by Gasteiger charge is 2.09. The van der Waals surface area contributed by atoms with Crippen LogP contribution in [0.25, 0.3) is 0 Å². The predicted octanol–water partition coefficient (Wildman–Crippen LogP) is 2.61. The Morgan fingerprint density at radius 3 is 1.93 bits per heavy atom. The number of guanidine groups is 1. The van der Waals surface area contributed by atoms with Gasteiger partial charge >= 0.3 is 0 Å². The molecule has 1 rings (SSSR count). The SMILES string of the molecule is N=C(N)NCC1CCCCCCCCC1. The third-order valence-corrected chi connectivity index (χ3v) is 3.31. The van der Waals surface area contributed by atoms with Crippen LogP contribution in [0.2, 0.25) is 0 Å². The van der Waals surface area contributed by atoms with Gasteiger partial charge in [-0.1, -0.05) is 44.9 Å². The fraction of sp³-hybridized carbons (Fsp3) is 0.917.